The van der Waals surface area contributed by atoms with Crippen LogP contribution in [-0.2, 0) is 30.0 Å². The Hall–Kier alpha value is -4.86. The number of halogens is 5. The Bertz CT molecular complexity index is 1960. The van der Waals surface area contributed by atoms with Crippen LogP contribution < -0.4 is 21.5 Å². The predicted molar refractivity (Wildman–Crippen MR) is 156 cm³/mol. The summed E-state index contributed by atoms with van der Waals surface area (Å²) in [5.74, 6) is -4.64. The number of benzene rings is 1. The molecule has 11 nitrogen and oxygen atoms in total. The number of ketones is 1. The van der Waals surface area contributed by atoms with E-state index >= 15 is 8.78 Å². The fourth-order valence-electron chi connectivity index (χ4n) is 5.55. The summed E-state index contributed by atoms with van der Waals surface area (Å²) in [4.78, 5) is 56.2. The molecule has 0 radical (unpaired) electrons. The molecule has 1 aliphatic heterocycles. The van der Waals surface area contributed by atoms with Crippen LogP contribution in [0.5, 0.6) is 0 Å². The molecule has 3 aromatic heterocycles. The molecule has 0 saturated carbocycles. The van der Waals surface area contributed by atoms with Crippen molar-refractivity contribution in [3.05, 3.63) is 86.1 Å². The third kappa shape index (κ3) is 5.79. The van der Waals surface area contributed by atoms with E-state index in [1.54, 1.807) is 29.7 Å². The van der Waals surface area contributed by atoms with Crippen molar-refractivity contribution in [2.75, 3.05) is 24.7 Å². The zero-order valence-electron chi connectivity index (χ0n) is 25.1. The van der Waals surface area contributed by atoms with Crippen LogP contribution >= 0.6 is 0 Å². The van der Waals surface area contributed by atoms with Gasteiger partial charge in [-0.25, -0.2) is 18.6 Å². The predicted octanol–water partition coefficient (Wildman–Crippen LogP) is 2.68. The molecule has 2 atom stereocenters. The number of hydrogen-bond donors (Lipinski definition) is 1. The minimum atomic E-state index is -4.73. The van der Waals surface area contributed by atoms with Crippen molar-refractivity contribution >= 4 is 23.0 Å². The molecule has 5 rings (SSSR count). The second kappa shape index (κ2) is 12.2. The van der Waals surface area contributed by atoms with Crippen LogP contribution in [0.15, 0.2) is 46.2 Å². The van der Waals surface area contributed by atoms with Crippen LogP contribution in [-0.4, -0.2) is 68.2 Å². The molecule has 0 aliphatic carbocycles. The van der Waals surface area contributed by atoms with Crippen molar-refractivity contribution in [3.63, 3.8) is 0 Å². The van der Waals surface area contributed by atoms with E-state index in [9.17, 15) is 32.3 Å². The Kier molecular flexibility index (Phi) is 8.59. The molecule has 0 bridgehead atoms. The standard InChI is InChI=1S/C30H29F5N6O5/c1-15-24(28(44)39(4)29(45)38(15)3)19-6-5-17(41-8-7-36-26(19)41)13-22(16(2)42)37-27(43)25-20(31)11-18(12-21(25)32)40-9-10-46-14-23(40)30(33,34)35/h5-8,11-12,22-23H,9-10,13-14H2,1-4H3,(H,37,43)/t22-,23-/m0/s1. The smallest absolute Gasteiger partial charge is 0.377 e. The Labute approximate surface area is 257 Å². The molecule has 1 amide bonds. The quantitative estimate of drug-likeness (QED) is 0.306. The number of ether oxygens (including phenoxy) is 1. The number of pyridine rings is 1. The van der Waals surface area contributed by atoms with Gasteiger partial charge in [0.1, 0.15) is 28.9 Å². The average Bonchev–Trinajstić information content (AvgIpc) is 3.49. The van der Waals surface area contributed by atoms with Gasteiger partial charge in [-0.3, -0.25) is 19.0 Å². The zero-order valence-corrected chi connectivity index (χ0v) is 25.1. The Morgan fingerprint density at radius 1 is 1.11 bits per heavy atom. The third-order valence-corrected chi connectivity index (χ3v) is 8.16. The maximum absolute atomic E-state index is 15.2. The van der Waals surface area contributed by atoms with Gasteiger partial charge in [0.05, 0.1) is 24.8 Å². The van der Waals surface area contributed by atoms with Crippen molar-refractivity contribution < 1.29 is 36.3 Å². The maximum atomic E-state index is 15.2. The molecule has 1 fully saturated rings. The van der Waals surface area contributed by atoms with Gasteiger partial charge in [-0.1, -0.05) is 0 Å². The normalized spacial score (nSPS) is 16.1. The number of carbonyl (C=O) groups is 2. The van der Waals surface area contributed by atoms with Crippen molar-refractivity contribution in [3.8, 4) is 11.1 Å². The van der Waals surface area contributed by atoms with Gasteiger partial charge in [0, 0.05) is 62.1 Å². The first-order valence-corrected chi connectivity index (χ1v) is 14.0. The number of imidazole rings is 1. The molecule has 4 aromatic rings. The van der Waals surface area contributed by atoms with Gasteiger partial charge < -0.3 is 23.9 Å². The average molecular weight is 649 g/mol. The van der Waals surface area contributed by atoms with Gasteiger partial charge in [-0.15, -0.1) is 0 Å². The summed E-state index contributed by atoms with van der Waals surface area (Å²) in [5, 5.41) is 2.33. The number of Topliss-reactive ketones (excluding diaryl/α,β-unsaturated/α-hetero) is 1. The van der Waals surface area contributed by atoms with Gasteiger partial charge in [-0.2, -0.15) is 13.2 Å². The zero-order chi connectivity index (χ0) is 33.7. The van der Waals surface area contributed by atoms with E-state index < -0.39 is 70.7 Å². The summed E-state index contributed by atoms with van der Waals surface area (Å²) in [6.07, 6.45) is -1.87. The third-order valence-electron chi connectivity index (χ3n) is 8.16. The van der Waals surface area contributed by atoms with E-state index in [2.05, 4.69) is 10.3 Å². The molecule has 1 saturated heterocycles. The van der Waals surface area contributed by atoms with Crippen LogP contribution in [0.4, 0.5) is 27.6 Å². The van der Waals surface area contributed by atoms with Crippen LogP contribution in [0.1, 0.15) is 28.7 Å². The first-order chi connectivity index (χ1) is 21.6. The van der Waals surface area contributed by atoms with Crippen molar-refractivity contribution in [2.45, 2.75) is 38.5 Å². The minimum Gasteiger partial charge on any atom is -0.377 e. The topological polar surface area (TPSA) is 120 Å². The molecule has 1 N–H and O–H groups in total. The molecule has 4 heterocycles. The highest BCUT2D eigenvalue weighted by Gasteiger charge is 2.46. The molecule has 16 heteroatoms. The number of nitrogens with one attached hydrogen (secondary N) is 1. The summed E-state index contributed by atoms with van der Waals surface area (Å²) in [7, 11) is 2.88. The number of fused-ring (bicyclic) bond motifs is 1. The number of morpholine rings is 1. The first-order valence-electron chi connectivity index (χ1n) is 14.0. The number of rotatable bonds is 7. The summed E-state index contributed by atoms with van der Waals surface area (Å²) >= 11 is 0. The molecule has 46 heavy (non-hydrogen) atoms. The van der Waals surface area contributed by atoms with Crippen LogP contribution in [0.3, 0.4) is 0 Å². The lowest BCUT2D eigenvalue weighted by Gasteiger charge is -2.38. The van der Waals surface area contributed by atoms with Gasteiger partial charge in [-0.05, 0) is 38.1 Å². The Balaban J connectivity index is 1.44. The first kappa shape index (κ1) is 32.5. The molecule has 0 spiro atoms. The van der Waals surface area contributed by atoms with Gasteiger partial charge in [0.2, 0.25) is 0 Å². The molecule has 0 unspecified atom stereocenters. The van der Waals surface area contributed by atoms with E-state index in [-0.39, 0.29) is 25.1 Å². The van der Waals surface area contributed by atoms with E-state index in [1.807, 2.05) is 0 Å². The summed E-state index contributed by atoms with van der Waals surface area (Å²) in [6, 6.07) is 1.06. The van der Waals surface area contributed by atoms with Gasteiger partial charge in [0.25, 0.3) is 11.5 Å². The highest BCUT2D eigenvalue weighted by atomic mass is 19.4. The SMILES string of the molecule is CC(=O)[C@H](Cc1ccc(-c2c(C)n(C)c(=O)n(C)c2=O)c2nccn12)NC(=O)c1c(F)cc(N2CCOC[C@H]2C(F)(F)F)cc1F. The lowest BCUT2D eigenvalue weighted by molar-refractivity contribution is -0.167. The number of nitrogens with zero attached hydrogens (tertiary/aromatic N) is 5. The van der Waals surface area contributed by atoms with E-state index in [4.69, 9.17) is 4.74 Å². The number of alkyl halides is 3. The second-order valence-corrected chi connectivity index (χ2v) is 11.0. The lowest BCUT2D eigenvalue weighted by Crippen LogP contribution is -2.53. The highest BCUT2D eigenvalue weighted by Crippen LogP contribution is 2.33. The minimum absolute atomic E-state index is 0.0925. The lowest BCUT2D eigenvalue weighted by atomic mass is 10.0. The largest absolute Gasteiger partial charge is 0.411 e. The maximum Gasteiger partial charge on any atom is 0.411 e. The Morgan fingerprint density at radius 3 is 2.41 bits per heavy atom. The van der Waals surface area contributed by atoms with Crippen LogP contribution in [0.2, 0.25) is 0 Å². The van der Waals surface area contributed by atoms with Crippen molar-refractivity contribution in [1.82, 2.24) is 23.8 Å². The fourth-order valence-corrected chi connectivity index (χ4v) is 5.55. The molecular formula is C30H29F5N6O5. The summed E-state index contributed by atoms with van der Waals surface area (Å²) in [5.41, 5.74) is -0.712. The number of carbonyl (C=O) groups excluding carboxylic acids is 2. The van der Waals surface area contributed by atoms with E-state index in [0.29, 0.717) is 34.7 Å². The number of aromatic nitrogens is 4. The Morgan fingerprint density at radius 2 is 1.78 bits per heavy atom. The van der Waals surface area contributed by atoms with E-state index in [1.165, 1.54) is 31.8 Å². The van der Waals surface area contributed by atoms with Crippen LogP contribution in [0, 0.1) is 18.6 Å². The second-order valence-electron chi connectivity index (χ2n) is 11.0. The number of amides is 1. The van der Waals surface area contributed by atoms with E-state index in [0.717, 1.165) is 9.47 Å². The molecule has 1 aromatic carbocycles. The highest BCUT2D eigenvalue weighted by molar-refractivity contribution is 5.98. The number of anilines is 1. The van der Waals surface area contributed by atoms with Gasteiger partial charge in [0.15, 0.2) is 5.78 Å². The summed E-state index contributed by atoms with van der Waals surface area (Å²) in [6.45, 7) is 1.70. The fraction of sp³-hybridized carbons (Fsp3) is 0.367. The molecule has 1 aliphatic rings. The van der Waals surface area contributed by atoms with Crippen molar-refractivity contribution in [2.24, 2.45) is 14.1 Å². The van der Waals surface area contributed by atoms with Crippen molar-refractivity contribution in [1.29, 1.82) is 0 Å². The monoisotopic (exact) mass is 648 g/mol. The number of hydrogen-bond acceptors (Lipinski definition) is 7. The van der Waals surface area contributed by atoms with Crippen LogP contribution in [0.25, 0.3) is 16.8 Å². The molecule has 244 valence electrons. The molecular weight excluding hydrogens is 619 g/mol. The van der Waals surface area contributed by atoms with Gasteiger partial charge >= 0.3 is 11.9 Å². The summed E-state index contributed by atoms with van der Waals surface area (Å²) < 4.78 is 79.6.